The Kier molecular flexibility index (Phi) is 6.19. The number of methoxy groups -OCH3 is 1. The Hall–Kier alpha value is -2.09. The van der Waals surface area contributed by atoms with Crippen molar-refractivity contribution < 1.29 is 24.2 Å². The molecule has 2 rings (SSSR count). The van der Waals surface area contributed by atoms with Crippen molar-refractivity contribution in [2.75, 3.05) is 7.11 Å². The van der Waals surface area contributed by atoms with Crippen molar-refractivity contribution in [2.24, 2.45) is 16.3 Å². The summed E-state index contributed by atoms with van der Waals surface area (Å²) in [5, 5.41) is 12.8. The lowest BCUT2D eigenvalue weighted by Gasteiger charge is -2.33. The van der Waals surface area contributed by atoms with Crippen LogP contribution in [0.3, 0.4) is 0 Å². The topological polar surface area (TPSA) is 97.2 Å². The minimum absolute atomic E-state index is 0.0609. The van der Waals surface area contributed by atoms with Gasteiger partial charge in [0, 0.05) is 5.71 Å². The third-order valence-corrected chi connectivity index (χ3v) is 5.34. The predicted molar refractivity (Wildman–Crippen MR) is 105 cm³/mol. The number of aliphatic imine (C=N–C) groups is 1. The first-order valence-electron chi connectivity index (χ1n) is 8.58. The predicted octanol–water partition coefficient (Wildman–Crippen LogP) is 3.98. The number of rotatable bonds is 4. The van der Waals surface area contributed by atoms with Crippen LogP contribution in [0, 0.1) is 11.3 Å². The van der Waals surface area contributed by atoms with Crippen LogP contribution in [-0.4, -0.2) is 36.0 Å². The summed E-state index contributed by atoms with van der Waals surface area (Å²) in [5.74, 6) is -1.08. The second-order valence-electron chi connectivity index (χ2n) is 7.66. The molecule has 0 radical (unpaired) electrons. The summed E-state index contributed by atoms with van der Waals surface area (Å²) >= 11 is 3.27. The highest BCUT2D eigenvalue weighted by Crippen LogP contribution is 2.39. The van der Waals surface area contributed by atoms with E-state index in [1.165, 1.54) is 7.11 Å². The van der Waals surface area contributed by atoms with Crippen LogP contribution in [0.15, 0.2) is 21.6 Å². The maximum absolute atomic E-state index is 12.9. The van der Waals surface area contributed by atoms with Gasteiger partial charge >= 0.3 is 12.0 Å². The number of halogens is 1. The van der Waals surface area contributed by atoms with Gasteiger partial charge in [-0.2, -0.15) is 0 Å². The van der Waals surface area contributed by atoms with E-state index in [1.807, 2.05) is 27.7 Å². The van der Waals surface area contributed by atoms with E-state index in [2.05, 4.69) is 26.2 Å². The zero-order chi connectivity index (χ0) is 20.5. The SMILES string of the molecule is COc1cc(C2NC(=O)N=C(C)C2C(=O)OC(C)C(C)(C)C)cc(Br)c1O. The van der Waals surface area contributed by atoms with Gasteiger partial charge in [-0.05, 0) is 52.9 Å². The Morgan fingerprint density at radius 3 is 2.56 bits per heavy atom. The van der Waals surface area contributed by atoms with Crippen LogP contribution in [0.1, 0.15) is 46.2 Å². The van der Waals surface area contributed by atoms with Gasteiger partial charge in [-0.1, -0.05) is 20.8 Å². The third-order valence-electron chi connectivity index (χ3n) is 4.74. The number of carbonyl (C=O) groups excluding carboxylic acids is 2. The Morgan fingerprint density at radius 1 is 1.37 bits per heavy atom. The lowest BCUT2D eigenvalue weighted by molar-refractivity contribution is -0.156. The molecule has 3 atom stereocenters. The van der Waals surface area contributed by atoms with Gasteiger partial charge in [-0.3, -0.25) is 4.79 Å². The van der Waals surface area contributed by atoms with E-state index in [9.17, 15) is 14.7 Å². The molecule has 0 bridgehead atoms. The highest BCUT2D eigenvalue weighted by atomic mass is 79.9. The molecular formula is C19H25BrN2O5. The van der Waals surface area contributed by atoms with Crippen molar-refractivity contribution in [3.8, 4) is 11.5 Å². The van der Waals surface area contributed by atoms with Gasteiger partial charge in [-0.25, -0.2) is 9.79 Å². The minimum Gasteiger partial charge on any atom is -0.503 e. The number of carbonyl (C=O) groups is 2. The first-order valence-corrected chi connectivity index (χ1v) is 9.37. The smallest absolute Gasteiger partial charge is 0.341 e. The van der Waals surface area contributed by atoms with E-state index in [0.717, 1.165) is 0 Å². The van der Waals surface area contributed by atoms with Crippen LogP contribution in [-0.2, 0) is 9.53 Å². The Morgan fingerprint density at radius 2 is 2.00 bits per heavy atom. The summed E-state index contributed by atoms with van der Waals surface area (Å²) in [6.07, 6.45) is -0.322. The van der Waals surface area contributed by atoms with Gasteiger partial charge < -0.3 is 19.9 Å². The molecule has 1 aliphatic rings. The minimum atomic E-state index is -0.784. The van der Waals surface area contributed by atoms with Crippen molar-refractivity contribution in [3.63, 3.8) is 0 Å². The van der Waals surface area contributed by atoms with E-state index in [-0.39, 0.29) is 23.0 Å². The maximum atomic E-state index is 12.9. The number of hydrogen-bond donors (Lipinski definition) is 2. The van der Waals surface area contributed by atoms with Crippen LogP contribution in [0.5, 0.6) is 11.5 Å². The number of benzene rings is 1. The van der Waals surface area contributed by atoms with Gasteiger partial charge in [0.2, 0.25) is 0 Å². The summed E-state index contributed by atoms with van der Waals surface area (Å²) in [6.45, 7) is 9.41. The van der Waals surface area contributed by atoms with Crippen LogP contribution >= 0.6 is 15.9 Å². The lowest BCUT2D eigenvalue weighted by atomic mass is 9.87. The molecule has 27 heavy (non-hydrogen) atoms. The van der Waals surface area contributed by atoms with Gasteiger partial charge in [0.1, 0.15) is 12.0 Å². The lowest BCUT2D eigenvalue weighted by Crippen LogP contribution is -2.45. The quantitative estimate of drug-likeness (QED) is 0.689. The zero-order valence-corrected chi connectivity index (χ0v) is 17.9. The fraction of sp³-hybridized carbons (Fsp3) is 0.526. The Balaban J connectivity index is 2.44. The number of hydrogen-bond acceptors (Lipinski definition) is 5. The molecule has 0 aromatic heterocycles. The van der Waals surface area contributed by atoms with E-state index >= 15 is 0 Å². The van der Waals surface area contributed by atoms with Gasteiger partial charge in [0.15, 0.2) is 11.5 Å². The normalized spacial score (nSPS) is 21.1. The van der Waals surface area contributed by atoms with Crippen LogP contribution in [0.4, 0.5) is 4.79 Å². The summed E-state index contributed by atoms with van der Waals surface area (Å²) in [5.41, 5.74) is 0.737. The monoisotopic (exact) mass is 440 g/mol. The van der Waals surface area contributed by atoms with Crippen LogP contribution in [0.25, 0.3) is 0 Å². The van der Waals surface area contributed by atoms with Gasteiger partial charge in [-0.15, -0.1) is 0 Å². The molecule has 148 valence electrons. The fourth-order valence-electron chi connectivity index (χ4n) is 2.66. The van der Waals surface area contributed by atoms with Crippen molar-refractivity contribution >= 4 is 33.6 Å². The maximum Gasteiger partial charge on any atom is 0.341 e. The molecule has 0 saturated heterocycles. The molecule has 0 saturated carbocycles. The molecule has 0 spiro atoms. The molecule has 3 unspecified atom stereocenters. The van der Waals surface area contributed by atoms with E-state index in [0.29, 0.717) is 15.7 Å². The highest BCUT2D eigenvalue weighted by Gasteiger charge is 2.40. The van der Waals surface area contributed by atoms with Crippen molar-refractivity contribution in [3.05, 3.63) is 22.2 Å². The van der Waals surface area contributed by atoms with Crippen molar-refractivity contribution in [1.82, 2.24) is 5.32 Å². The zero-order valence-electron chi connectivity index (χ0n) is 16.3. The largest absolute Gasteiger partial charge is 0.503 e. The Labute approximate surface area is 167 Å². The number of ether oxygens (including phenoxy) is 2. The Bertz CT molecular complexity index is 785. The number of urea groups is 1. The number of phenols is 1. The molecule has 2 N–H and O–H groups in total. The van der Waals surface area contributed by atoms with E-state index < -0.39 is 24.0 Å². The number of nitrogens with one attached hydrogen (secondary N) is 1. The molecule has 2 amide bonds. The number of amides is 2. The summed E-state index contributed by atoms with van der Waals surface area (Å²) < 4.78 is 11.2. The summed E-state index contributed by atoms with van der Waals surface area (Å²) in [4.78, 5) is 28.8. The van der Waals surface area contributed by atoms with Crippen LogP contribution in [0.2, 0.25) is 0 Å². The average Bonchev–Trinajstić information content (AvgIpc) is 2.55. The second-order valence-corrected chi connectivity index (χ2v) is 8.51. The number of phenolic OH excluding ortho intramolecular Hbond substituents is 1. The molecule has 0 fully saturated rings. The molecule has 1 aromatic rings. The molecule has 1 heterocycles. The van der Waals surface area contributed by atoms with Crippen molar-refractivity contribution in [2.45, 2.75) is 46.8 Å². The molecule has 1 aliphatic heterocycles. The number of nitrogens with zero attached hydrogens (tertiary/aromatic N) is 1. The molecular weight excluding hydrogens is 416 g/mol. The fourth-order valence-corrected chi connectivity index (χ4v) is 3.11. The van der Waals surface area contributed by atoms with E-state index in [4.69, 9.17) is 9.47 Å². The van der Waals surface area contributed by atoms with Crippen molar-refractivity contribution in [1.29, 1.82) is 0 Å². The summed E-state index contributed by atoms with van der Waals surface area (Å²) in [6, 6.07) is 1.99. The summed E-state index contributed by atoms with van der Waals surface area (Å²) in [7, 11) is 1.42. The number of aromatic hydroxyl groups is 1. The third kappa shape index (κ3) is 4.61. The number of esters is 1. The highest BCUT2D eigenvalue weighted by molar-refractivity contribution is 9.10. The first-order chi connectivity index (χ1) is 12.5. The standard InChI is InChI=1S/C19H25BrN2O5/c1-9-14(17(24)27-10(2)19(3,4)5)15(22-18(25)21-9)11-7-12(20)16(23)13(8-11)26-6/h7-8,10,14-15,23H,1-6H3,(H,22,25). The molecule has 7 nitrogen and oxygen atoms in total. The van der Waals surface area contributed by atoms with Crippen LogP contribution < -0.4 is 10.1 Å². The molecule has 1 aromatic carbocycles. The average molecular weight is 441 g/mol. The van der Waals surface area contributed by atoms with Gasteiger partial charge in [0.25, 0.3) is 0 Å². The molecule has 0 aliphatic carbocycles. The second kappa shape index (κ2) is 7.88. The van der Waals surface area contributed by atoms with Gasteiger partial charge in [0.05, 0.1) is 17.6 Å². The first kappa shape index (κ1) is 21.2. The molecule has 8 heteroatoms. The van der Waals surface area contributed by atoms with E-state index in [1.54, 1.807) is 19.1 Å².